The maximum absolute atomic E-state index is 12.3. The molecule has 6 heteroatoms. The fourth-order valence-corrected chi connectivity index (χ4v) is 2.68. The number of aliphatic carboxylic acids is 1. The van der Waals surface area contributed by atoms with Gasteiger partial charge in [0.2, 0.25) is 0 Å². The molecular formula is C15H21N3O3. The summed E-state index contributed by atoms with van der Waals surface area (Å²) < 4.78 is 0. The van der Waals surface area contributed by atoms with Gasteiger partial charge in [0.1, 0.15) is 0 Å². The number of carboxylic acids is 1. The molecule has 1 aliphatic heterocycles. The van der Waals surface area contributed by atoms with Crippen LogP contribution in [-0.4, -0.2) is 39.6 Å². The van der Waals surface area contributed by atoms with Crippen LogP contribution < -0.4 is 5.32 Å². The van der Waals surface area contributed by atoms with E-state index in [4.69, 9.17) is 5.11 Å². The Bertz CT molecular complexity index is 506. The van der Waals surface area contributed by atoms with Gasteiger partial charge < -0.3 is 15.3 Å². The second kappa shape index (κ2) is 6.56. The Kier molecular flexibility index (Phi) is 4.77. The van der Waals surface area contributed by atoms with Crippen molar-refractivity contribution in [1.29, 1.82) is 0 Å². The second-order valence-electron chi connectivity index (χ2n) is 5.56. The van der Waals surface area contributed by atoms with Gasteiger partial charge in [0.05, 0.1) is 12.0 Å². The average molecular weight is 291 g/mol. The highest BCUT2D eigenvalue weighted by Crippen LogP contribution is 2.23. The highest BCUT2D eigenvalue weighted by Gasteiger charge is 2.32. The third-order valence-electron chi connectivity index (χ3n) is 4.01. The SMILES string of the molecule is CC(NC(=O)N1CCC(C(=O)O)CC1C)c1cccnc1. The number of carbonyl (C=O) groups is 2. The van der Waals surface area contributed by atoms with Crippen LogP contribution in [0.1, 0.15) is 38.3 Å². The van der Waals surface area contributed by atoms with Crippen LogP contribution >= 0.6 is 0 Å². The van der Waals surface area contributed by atoms with E-state index in [-0.39, 0.29) is 24.0 Å². The summed E-state index contributed by atoms with van der Waals surface area (Å²) in [7, 11) is 0. The lowest BCUT2D eigenvalue weighted by atomic mass is 9.92. The van der Waals surface area contributed by atoms with Crippen LogP contribution in [0.5, 0.6) is 0 Å². The van der Waals surface area contributed by atoms with Crippen molar-refractivity contribution in [2.75, 3.05) is 6.54 Å². The lowest BCUT2D eigenvalue weighted by Gasteiger charge is -2.36. The molecular weight excluding hydrogens is 270 g/mol. The van der Waals surface area contributed by atoms with Gasteiger partial charge in [-0.3, -0.25) is 9.78 Å². The summed E-state index contributed by atoms with van der Waals surface area (Å²) >= 11 is 0. The van der Waals surface area contributed by atoms with Gasteiger partial charge in [-0.05, 0) is 38.3 Å². The Labute approximate surface area is 124 Å². The number of urea groups is 1. The minimum absolute atomic E-state index is 0.0686. The molecule has 0 aliphatic carbocycles. The third-order valence-corrected chi connectivity index (χ3v) is 4.01. The summed E-state index contributed by atoms with van der Waals surface area (Å²) in [6.07, 6.45) is 4.43. The molecule has 1 aromatic heterocycles. The van der Waals surface area contributed by atoms with Gasteiger partial charge in [-0.2, -0.15) is 0 Å². The van der Waals surface area contributed by atoms with Crippen molar-refractivity contribution in [1.82, 2.24) is 15.2 Å². The van der Waals surface area contributed by atoms with Crippen LogP contribution in [0.15, 0.2) is 24.5 Å². The van der Waals surface area contributed by atoms with Crippen molar-refractivity contribution in [3.05, 3.63) is 30.1 Å². The van der Waals surface area contributed by atoms with Crippen molar-refractivity contribution in [2.45, 2.75) is 38.8 Å². The Hall–Kier alpha value is -2.11. The Morgan fingerprint density at radius 2 is 2.29 bits per heavy atom. The molecule has 0 bridgehead atoms. The van der Waals surface area contributed by atoms with E-state index >= 15 is 0 Å². The Morgan fingerprint density at radius 3 is 2.86 bits per heavy atom. The molecule has 6 nitrogen and oxygen atoms in total. The zero-order chi connectivity index (χ0) is 15.4. The topological polar surface area (TPSA) is 82.5 Å². The second-order valence-corrected chi connectivity index (χ2v) is 5.56. The molecule has 114 valence electrons. The first-order valence-electron chi connectivity index (χ1n) is 7.19. The van der Waals surface area contributed by atoms with E-state index in [1.165, 1.54) is 0 Å². The van der Waals surface area contributed by atoms with Crippen LogP contribution in [-0.2, 0) is 4.79 Å². The number of amides is 2. The first kappa shape index (κ1) is 15.3. The fourth-order valence-electron chi connectivity index (χ4n) is 2.68. The highest BCUT2D eigenvalue weighted by atomic mass is 16.4. The molecule has 1 aliphatic rings. The van der Waals surface area contributed by atoms with Crippen LogP contribution in [0, 0.1) is 5.92 Å². The van der Waals surface area contributed by atoms with Crippen molar-refractivity contribution < 1.29 is 14.7 Å². The number of nitrogens with one attached hydrogen (secondary N) is 1. The number of nitrogens with zero attached hydrogens (tertiary/aromatic N) is 2. The summed E-state index contributed by atoms with van der Waals surface area (Å²) in [6, 6.07) is 3.40. The summed E-state index contributed by atoms with van der Waals surface area (Å²) in [6.45, 7) is 4.27. The standard InChI is InChI=1S/C15H21N3O3/c1-10-8-12(14(19)20)5-7-18(10)15(21)17-11(2)13-4-3-6-16-9-13/h3-4,6,9-12H,5,7-8H2,1-2H3,(H,17,21)(H,19,20). The molecule has 3 atom stereocenters. The monoisotopic (exact) mass is 291 g/mol. The molecule has 0 saturated carbocycles. The lowest BCUT2D eigenvalue weighted by molar-refractivity contribution is -0.143. The zero-order valence-electron chi connectivity index (χ0n) is 12.3. The Balaban J connectivity index is 1.93. The van der Waals surface area contributed by atoms with Gasteiger partial charge in [-0.15, -0.1) is 0 Å². The number of piperidine rings is 1. The Morgan fingerprint density at radius 1 is 1.52 bits per heavy atom. The van der Waals surface area contributed by atoms with Gasteiger partial charge in [-0.1, -0.05) is 6.07 Å². The molecule has 3 unspecified atom stereocenters. The summed E-state index contributed by atoms with van der Waals surface area (Å²) in [5.41, 5.74) is 0.943. The number of likely N-dealkylation sites (tertiary alicyclic amines) is 1. The molecule has 0 radical (unpaired) electrons. The number of carbonyl (C=O) groups excluding carboxylic acids is 1. The minimum Gasteiger partial charge on any atom is -0.481 e. The number of hydrogen-bond donors (Lipinski definition) is 2. The van der Waals surface area contributed by atoms with Crippen molar-refractivity contribution >= 4 is 12.0 Å². The number of rotatable bonds is 3. The largest absolute Gasteiger partial charge is 0.481 e. The van der Waals surface area contributed by atoms with Gasteiger partial charge in [0.15, 0.2) is 0 Å². The molecule has 1 saturated heterocycles. The van der Waals surface area contributed by atoms with Crippen LogP contribution in [0.2, 0.25) is 0 Å². The predicted octanol–water partition coefficient (Wildman–Crippen LogP) is 2.04. The number of aromatic nitrogens is 1. The molecule has 1 aromatic rings. The normalized spacial score (nSPS) is 23.4. The quantitative estimate of drug-likeness (QED) is 0.892. The fraction of sp³-hybridized carbons (Fsp3) is 0.533. The lowest BCUT2D eigenvalue weighted by Crippen LogP contribution is -2.50. The van der Waals surface area contributed by atoms with Crippen molar-refractivity contribution in [2.24, 2.45) is 5.92 Å². The smallest absolute Gasteiger partial charge is 0.318 e. The number of carboxylic acid groups (broad SMARTS) is 1. The zero-order valence-corrected chi connectivity index (χ0v) is 12.3. The molecule has 0 aromatic carbocycles. The van der Waals surface area contributed by atoms with E-state index in [1.807, 2.05) is 26.0 Å². The summed E-state index contributed by atoms with van der Waals surface area (Å²) in [4.78, 5) is 29.1. The molecule has 2 amide bonds. The van der Waals surface area contributed by atoms with Crippen molar-refractivity contribution in [3.8, 4) is 0 Å². The minimum atomic E-state index is -0.773. The van der Waals surface area contributed by atoms with Gasteiger partial charge in [-0.25, -0.2) is 4.79 Å². The summed E-state index contributed by atoms with van der Waals surface area (Å²) in [5.74, 6) is -1.12. The molecule has 2 rings (SSSR count). The number of hydrogen-bond acceptors (Lipinski definition) is 3. The van der Waals surface area contributed by atoms with E-state index in [2.05, 4.69) is 10.3 Å². The van der Waals surface area contributed by atoms with Gasteiger partial charge >= 0.3 is 12.0 Å². The molecule has 1 fully saturated rings. The average Bonchev–Trinajstić information content (AvgIpc) is 2.47. The van der Waals surface area contributed by atoms with E-state index in [0.717, 1.165) is 5.56 Å². The molecule has 0 spiro atoms. The first-order valence-corrected chi connectivity index (χ1v) is 7.19. The van der Waals surface area contributed by atoms with Crippen LogP contribution in [0.3, 0.4) is 0 Å². The predicted molar refractivity (Wildman–Crippen MR) is 77.7 cm³/mol. The first-order chi connectivity index (χ1) is 9.99. The van der Waals surface area contributed by atoms with E-state index < -0.39 is 5.97 Å². The van der Waals surface area contributed by atoms with E-state index in [9.17, 15) is 9.59 Å². The van der Waals surface area contributed by atoms with Crippen LogP contribution in [0.4, 0.5) is 4.79 Å². The summed E-state index contributed by atoms with van der Waals surface area (Å²) in [5, 5.41) is 12.0. The highest BCUT2D eigenvalue weighted by molar-refractivity contribution is 5.76. The van der Waals surface area contributed by atoms with Crippen LogP contribution in [0.25, 0.3) is 0 Å². The maximum Gasteiger partial charge on any atom is 0.318 e. The third kappa shape index (κ3) is 3.71. The van der Waals surface area contributed by atoms with E-state index in [1.54, 1.807) is 17.3 Å². The van der Waals surface area contributed by atoms with Crippen molar-refractivity contribution in [3.63, 3.8) is 0 Å². The van der Waals surface area contributed by atoms with E-state index in [0.29, 0.717) is 19.4 Å². The van der Waals surface area contributed by atoms with Gasteiger partial charge in [0.25, 0.3) is 0 Å². The molecule has 2 heterocycles. The van der Waals surface area contributed by atoms with Gasteiger partial charge in [0, 0.05) is 25.0 Å². The molecule has 21 heavy (non-hydrogen) atoms. The molecule has 2 N–H and O–H groups in total. The number of pyridine rings is 1. The maximum atomic E-state index is 12.3.